The summed E-state index contributed by atoms with van der Waals surface area (Å²) in [6, 6.07) is 3.59. The van der Waals surface area contributed by atoms with Crippen LogP contribution in [0.3, 0.4) is 0 Å². The summed E-state index contributed by atoms with van der Waals surface area (Å²) in [6.07, 6.45) is -0.296. The Morgan fingerprint density at radius 3 is 2.30 bits per heavy atom. The number of amides is 1. The molecule has 0 atom stereocenters. The van der Waals surface area contributed by atoms with Gasteiger partial charge in [-0.15, -0.1) is 0 Å². The average Bonchev–Trinajstić information content (AvgIpc) is 2.39. The molecule has 0 bridgehead atoms. The van der Waals surface area contributed by atoms with Crippen LogP contribution < -0.4 is 10.1 Å². The highest BCUT2D eigenvalue weighted by atomic mass is 16.6. The van der Waals surface area contributed by atoms with Crippen molar-refractivity contribution < 1.29 is 19.1 Å². The van der Waals surface area contributed by atoms with Crippen molar-refractivity contribution in [2.45, 2.75) is 53.6 Å². The van der Waals surface area contributed by atoms with E-state index in [1.165, 1.54) is 0 Å². The molecule has 128 valence electrons. The molecule has 0 aliphatic heterocycles. The zero-order chi connectivity index (χ0) is 17.8. The molecule has 0 fully saturated rings. The molecule has 5 heteroatoms. The third kappa shape index (κ3) is 5.93. The van der Waals surface area contributed by atoms with Crippen molar-refractivity contribution in [1.29, 1.82) is 0 Å². The first kappa shape index (κ1) is 19.0. The molecule has 1 aromatic rings. The summed E-state index contributed by atoms with van der Waals surface area (Å²) in [6.45, 7) is 11.0. The predicted octanol–water partition coefficient (Wildman–Crippen LogP) is 4.12. The van der Waals surface area contributed by atoms with Gasteiger partial charge >= 0.3 is 6.09 Å². The number of hydrogen-bond acceptors (Lipinski definition) is 4. The zero-order valence-electron chi connectivity index (χ0n) is 15.1. The van der Waals surface area contributed by atoms with E-state index in [-0.39, 0.29) is 18.1 Å². The number of methoxy groups -OCH3 is 1. The van der Waals surface area contributed by atoms with E-state index >= 15 is 0 Å². The quantitative estimate of drug-likeness (QED) is 0.886. The van der Waals surface area contributed by atoms with Gasteiger partial charge in [0.2, 0.25) is 0 Å². The Bertz CT molecular complexity index is 585. The van der Waals surface area contributed by atoms with Crippen LogP contribution in [-0.2, 0) is 16.0 Å². The highest BCUT2D eigenvalue weighted by Crippen LogP contribution is 2.28. The van der Waals surface area contributed by atoms with Crippen LogP contribution in [-0.4, -0.2) is 24.6 Å². The van der Waals surface area contributed by atoms with Crippen LogP contribution in [0, 0.1) is 12.8 Å². The molecular formula is C18H27NO4. The fraction of sp³-hybridized carbons (Fsp3) is 0.556. The normalized spacial score (nSPS) is 11.3. The molecule has 1 amide bonds. The number of benzene rings is 1. The van der Waals surface area contributed by atoms with Crippen molar-refractivity contribution in [3.8, 4) is 5.75 Å². The van der Waals surface area contributed by atoms with Crippen molar-refractivity contribution in [2.75, 3.05) is 12.4 Å². The van der Waals surface area contributed by atoms with Gasteiger partial charge in [0.05, 0.1) is 12.8 Å². The molecule has 0 saturated heterocycles. The average molecular weight is 321 g/mol. The van der Waals surface area contributed by atoms with Crippen LogP contribution in [0.25, 0.3) is 0 Å². The van der Waals surface area contributed by atoms with Crippen LogP contribution in [0.4, 0.5) is 10.5 Å². The molecule has 0 aliphatic rings. The van der Waals surface area contributed by atoms with E-state index in [0.717, 1.165) is 11.1 Å². The summed E-state index contributed by atoms with van der Waals surface area (Å²) in [7, 11) is 1.57. The Morgan fingerprint density at radius 1 is 1.22 bits per heavy atom. The largest absolute Gasteiger partial charge is 0.496 e. The second-order valence-corrected chi connectivity index (χ2v) is 6.90. The van der Waals surface area contributed by atoms with Crippen molar-refractivity contribution >= 4 is 17.6 Å². The van der Waals surface area contributed by atoms with Gasteiger partial charge < -0.3 is 9.47 Å². The summed E-state index contributed by atoms with van der Waals surface area (Å²) >= 11 is 0. The fourth-order valence-corrected chi connectivity index (χ4v) is 2.04. The van der Waals surface area contributed by atoms with Crippen molar-refractivity contribution in [3.05, 3.63) is 23.3 Å². The summed E-state index contributed by atoms with van der Waals surface area (Å²) in [5.41, 5.74) is 1.62. The Labute approximate surface area is 138 Å². The summed E-state index contributed by atoms with van der Waals surface area (Å²) < 4.78 is 10.6. The number of ether oxygens (including phenoxy) is 2. The summed E-state index contributed by atoms with van der Waals surface area (Å²) in [5.74, 6) is 0.699. The molecule has 1 N–H and O–H groups in total. The molecule has 0 aliphatic carbocycles. The maximum absolute atomic E-state index is 12.1. The van der Waals surface area contributed by atoms with Gasteiger partial charge in [0.15, 0.2) is 0 Å². The fourth-order valence-electron chi connectivity index (χ4n) is 2.04. The first-order valence-electron chi connectivity index (χ1n) is 7.73. The van der Waals surface area contributed by atoms with E-state index in [4.69, 9.17) is 9.47 Å². The Kier molecular flexibility index (Phi) is 6.19. The van der Waals surface area contributed by atoms with Gasteiger partial charge in [-0.1, -0.05) is 13.8 Å². The second kappa shape index (κ2) is 7.49. The maximum Gasteiger partial charge on any atom is 0.412 e. The lowest BCUT2D eigenvalue weighted by molar-refractivity contribution is -0.121. The standard InChI is InChI=1S/C18H27NO4/c1-11(2)15(20)9-13-8-12(3)16(22-7)10-14(13)19-17(21)23-18(4,5)6/h8,10-11H,9H2,1-7H3,(H,19,21). The lowest BCUT2D eigenvalue weighted by Gasteiger charge is -2.21. The molecule has 0 unspecified atom stereocenters. The lowest BCUT2D eigenvalue weighted by Crippen LogP contribution is -2.27. The third-order valence-electron chi connectivity index (χ3n) is 3.26. The van der Waals surface area contributed by atoms with Crippen molar-refractivity contribution in [2.24, 2.45) is 5.92 Å². The minimum Gasteiger partial charge on any atom is -0.496 e. The van der Waals surface area contributed by atoms with Crippen LogP contribution in [0.5, 0.6) is 5.75 Å². The molecule has 1 aromatic carbocycles. The number of anilines is 1. The number of hydrogen-bond donors (Lipinski definition) is 1. The van der Waals surface area contributed by atoms with Gasteiger partial charge in [0, 0.05) is 18.4 Å². The van der Waals surface area contributed by atoms with E-state index in [0.29, 0.717) is 11.4 Å². The maximum atomic E-state index is 12.1. The van der Waals surface area contributed by atoms with Crippen LogP contribution in [0.2, 0.25) is 0 Å². The van der Waals surface area contributed by atoms with E-state index in [2.05, 4.69) is 5.32 Å². The molecule has 1 rings (SSSR count). The highest BCUT2D eigenvalue weighted by Gasteiger charge is 2.19. The van der Waals surface area contributed by atoms with Gasteiger partial charge in [-0.2, -0.15) is 0 Å². The zero-order valence-corrected chi connectivity index (χ0v) is 15.1. The minimum atomic E-state index is -0.590. The molecule has 0 radical (unpaired) electrons. The Balaban J connectivity index is 3.11. The minimum absolute atomic E-state index is 0.0632. The van der Waals surface area contributed by atoms with Crippen LogP contribution in [0.1, 0.15) is 45.7 Å². The van der Waals surface area contributed by atoms with Crippen molar-refractivity contribution in [1.82, 2.24) is 0 Å². The number of ketones is 1. The van der Waals surface area contributed by atoms with Gasteiger partial charge in [-0.25, -0.2) is 4.79 Å². The molecular weight excluding hydrogens is 294 g/mol. The molecule has 23 heavy (non-hydrogen) atoms. The SMILES string of the molecule is COc1cc(NC(=O)OC(C)(C)C)c(CC(=O)C(C)C)cc1C. The molecule has 0 aromatic heterocycles. The van der Waals surface area contributed by atoms with E-state index in [9.17, 15) is 9.59 Å². The molecule has 0 heterocycles. The number of aryl methyl sites for hydroxylation is 1. The molecule has 5 nitrogen and oxygen atoms in total. The van der Waals surface area contributed by atoms with Crippen LogP contribution >= 0.6 is 0 Å². The number of rotatable bonds is 5. The van der Waals surface area contributed by atoms with E-state index in [1.807, 2.05) is 26.8 Å². The van der Waals surface area contributed by atoms with E-state index in [1.54, 1.807) is 33.9 Å². The number of Topliss-reactive ketones (excluding diaryl/α,β-unsaturated/α-hetero) is 1. The monoisotopic (exact) mass is 321 g/mol. The van der Waals surface area contributed by atoms with E-state index < -0.39 is 11.7 Å². The smallest absolute Gasteiger partial charge is 0.412 e. The van der Waals surface area contributed by atoms with Gasteiger partial charge in [0.1, 0.15) is 17.1 Å². The number of carbonyl (C=O) groups is 2. The Hall–Kier alpha value is -2.04. The lowest BCUT2D eigenvalue weighted by atomic mass is 9.98. The molecule has 0 spiro atoms. The first-order valence-corrected chi connectivity index (χ1v) is 7.73. The van der Waals surface area contributed by atoms with Gasteiger partial charge in [-0.05, 0) is 44.9 Å². The number of carbonyl (C=O) groups excluding carboxylic acids is 2. The topological polar surface area (TPSA) is 64.6 Å². The molecule has 0 saturated carbocycles. The second-order valence-electron chi connectivity index (χ2n) is 6.90. The highest BCUT2D eigenvalue weighted by molar-refractivity contribution is 5.90. The van der Waals surface area contributed by atoms with Gasteiger partial charge in [-0.3, -0.25) is 10.1 Å². The van der Waals surface area contributed by atoms with Crippen molar-refractivity contribution in [3.63, 3.8) is 0 Å². The summed E-state index contributed by atoms with van der Waals surface area (Å²) in [4.78, 5) is 24.1. The Morgan fingerprint density at radius 2 is 1.83 bits per heavy atom. The number of nitrogens with one attached hydrogen (secondary N) is 1. The third-order valence-corrected chi connectivity index (χ3v) is 3.26. The predicted molar refractivity (Wildman–Crippen MR) is 91.1 cm³/mol. The van der Waals surface area contributed by atoms with Gasteiger partial charge in [0.25, 0.3) is 0 Å². The van der Waals surface area contributed by atoms with Crippen LogP contribution in [0.15, 0.2) is 12.1 Å². The summed E-state index contributed by atoms with van der Waals surface area (Å²) in [5, 5.41) is 2.72. The first-order chi connectivity index (χ1) is 10.5.